The van der Waals surface area contributed by atoms with Gasteiger partial charge in [-0.15, -0.1) is 0 Å². The molecule has 102 valence electrons. The fourth-order valence-corrected chi connectivity index (χ4v) is 2.04. The van der Waals surface area contributed by atoms with E-state index in [0.29, 0.717) is 12.5 Å². The van der Waals surface area contributed by atoms with E-state index in [1.54, 1.807) is 0 Å². The van der Waals surface area contributed by atoms with Crippen LogP contribution in [-0.4, -0.2) is 19.0 Å². The number of nitrogens with one attached hydrogen (secondary N) is 1. The quantitative estimate of drug-likeness (QED) is 0.619. The minimum atomic E-state index is 0.00341. The Morgan fingerprint density at radius 1 is 1.18 bits per heavy atom. The van der Waals surface area contributed by atoms with Crippen LogP contribution in [0.25, 0.3) is 0 Å². The highest BCUT2D eigenvalue weighted by Crippen LogP contribution is 2.12. The van der Waals surface area contributed by atoms with Crippen LogP contribution in [0.4, 0.5) is 0 Å². The Bertz CT molecular complexity index is 195. The van der Waals surface area contributed by atoms with Crippen molar-refractivity contribution in [2.45, 2.75) is 59.3 Å². The number of unbranched alkanes of at least 4 members (excludes halogenated alkanes) is 1. The Balaban J connectivity index is 3.93. The molecular weight excluding hydrogens is 212 g/mol. The summed E-state index contributed by atoms with van der Waals surface area (Å²) in [6.07, 6.45) is 6.75. The van der Waals surface area contributed by atoms with Crippen LogP contribution in [0.5, 0.6) is 0 Å². The molecule has 1 amide bonds. The molecule has 0 spiro atoms. The number of rotatable bonds is 10. The Kier molecular flexibility index (Phi) is 10.2. The molecule has 0 radical (unpaired) electrons. The zero-order valence-electron chi connectivity index (χ0n) is 11.8. The Labute approximate surface area is 107 Å². The zero-order chi connectivity index (χ0) is 13.1. The topological polar surface area (TPSA) is 55.1 Å². The van der Waals surface area contributed by atoms with Crippen molar-refractivity contribution in [2.24, 2.45) is 17.6 Å². The Morgan fingerprint density at radius 2 is 1.88 bits per heavy atom. The summed E-state index contributed by atoms with van der Waals surface area (Å²) in [7, 11) is 0. The van der Waals surface area contributed by atoms with Gasteiger partial charge in [-0.05, 0) is 18.8 Å². The van der Waals surface area contributed by atoms with E-state index < -0.39 is 0 Å². The first-order chi connectivity index (χ1) is 8.19. The van der Waals surface area contributed by atoms with Crippen LogP contribution in [0.15, 0.2) is 0 Å². The van der Waals surface area contributed by atoms with Crippen LogP contribution < -0.4 is 11.1 Å². The second-order valence-corrected chi connectivity index (χ2v) is 4.88. The van der Waals surface area contributed by atoms with Gasteiger partial charge in [0.05, 0.1) is 5.92 Å². The van der Waals surface area contributed by atoms with Gasteiger partial charge in [0, 0.05) is 13.1 Å². The average molecular weight is 242 g/mol. The third-order valence-corrected chi connectivity index (χ3v) is 3.40. The van der Waals surface area contributed by atoms with E-state index in [1.807, 2.05) is 0 Å². The smallest absolute Gasteiger partial charge is 0.224 e. The molecule has 0 bridgehead atoms. The van der Waals surface area contributed by atoms with Crippen molar-refractivity contribution < 1.29 is 4.79 Å². The van der Waals surface area contributed by atoms with Crippen LogP contribution in [0.1, 0.15) is 59.3 Å². The summed E-state index contributed by atoms with van der Waals surface area (Å²) < 4.78 is 0. The van der Waals surface area contributed by atoms with E-state index in [1.165, 1.54) is 19.3 Å². The van der Waals surface area contributed by atoms with Crippen LogP contribution in [0, 0.1) is 11.8 Å². The van der Waals surface area contributed by atoms with E-state index in [4.69, 9.17) is 5.73 Å². The second-order valence-electron chi connectivity index (χ2n) is 4.88. The Morgan fingerprint density at radius 3 is 2.35 bits per heavy atom. The molecule has 0 saturated carbocycles. The monoisotopic (exact) mass is 242 g/mol. The van der Waals surface area contributed by atoms with Crippen LogP contribution in [-0.2, 0) is 4.79 Å². The standard InChI is InChI=1S/C14H30N2O/c1-4-7-9-12(6-3)11-16-14(17)13(10-15)8-5-2/h12-13H,4-11,15H2,1-3H3,(H,16,17). The van der Waals surface area contributed by atoms with E-state index in [0.717, 1.165) is 25.8 Å². The van der Waals surface area contributed by atoms with E-state index in [2.05, 4.69) is 26.1 Å². The first-order valence-corrected chi connectivity index (χ1v) is 7.17. The van der Waals surface area contributed by atoms with Gasteiger partial charge in [0.15, 0.2) is 0 Å². The lowest BCUT2D eigenvalue weighted by molar-refractivity contribution is -0.125. The highest BCUT2D eigenvalue weighted by molar-refractivity contribution is 5.78. The summed E-state index contributed by atoms with van der Waals surface area (Å²) in [5.41, 5.74) is 5.62. The average Bonchev–Trinajstić information content (AvgIpc) is 2.35. The molecule has 0 heterocycles. The van der Waals surface area contributed by atoms with Gasteiger partial charge in [0.2, 0.25) is 5.91 Å². The maximum absolute atomic E-state index is 11.9. The molecule has 0 aromatic carbocycles. The molecule has 0 aromatic rings. The summed E-state index contributed by atoms with van der Waals surface area (Å²) in [6, 6.07) is 0. The molecule has 0 fully saturated rings. The summed E-state index contributed by atoms with van der Waals surface area (Å²) in [5.74, 6) is 0.770. The van der Waals surface area contributed by atoms with Crippen molar-refractivity contribution in [3.63, 3.8) is 0 Å². The van der Waals surface area contributed by atoms with Crippen molar-refractivity contribution in [3.8, 4) is 0 Å². The van der Waals surface area contributed by atoms with Crippen molar-refractivity contribution in [3.05, 3.63) is 0 Å². The van der Waals surface area contributed by atoms with Gasteiger partial charge >= 0.3 is 0 Å². The molecule has 0 aliphatic rings. The molecule has 0 aromatic heterocycles. The number of nitrogens with two attached hydrogens (primary N) is 1. The molecule has 2 atom stereocenters. The minimum absolute atomic E-state index is 0.00341. The molecule has 2 unspecified atom stereocenters. The molecule has 17 heavy (non-hydrogen) atoms. The summed E-state index contributed by atoms with van der Waals surface area (Å²) >= 11 is 0. The van der Waals surface area contributed by atoms with Crippen LogP contribution >= 0.6 is 0 Å². The van der Waals surface area contributed by atoms with E-state index in [-0.39, 0.29) is 11.8 Å². The van der Waals surface area contributed by atoms with E-state index >= 15 is 0 Å². The lowest BCUT2D eigenvalue weighted by Gasteiger charge is -2.18. The third kappa shape index (κ3) is 7.37. The number of hydrogen-bond acceptors (Lipinski definition) is 2. The number of hydrogen-bond donors (Lipinski definition) is 2. The van der Waals surface area contributed by atoms with Gasteiger partial charge in [-0.1, -0.05) is 46.5 Å². The van der Waals surface area contributed by atoms with Crippen LogP contribution in [0.3, 0.4) is 0 Å². The van der Waals surface area contributed by atoms with Crippen molar-refractivity contribution in [2.75, 3.05) is 13.1 Å². The normalized spacial score (nSPS) is 14.4. The fourth-order valence-electron chi connectivity index (χ4n) is 2.04. The molecule has 3 heteroatoms. The maximum atomic E-state index is 11.9. The third-order valence-electron chi connectivity index (χ3n) is 3.40. The molecule has 3 N–H and O–H groups in total. The first-order valence-electron chi connectivity index (χ1n) is 7.17. The lowest BCUT2D eigenvalue weighted by atomic mass is 9.98. The van der Waals surface area contributed by atoms with Gasteiger partial charge in [0.25, 0.3) is 0 Å². The number of amides is 1. The largest absolute Gasteiger partial charge is 0.356 e. The maximum Gasteiger partial charge on any atom is 0.224 e. The minimum Gasteiger partial charge on any atom is -0.356 e. The van der Waals surface area contributed by atoms with Gasteiger partial charge in [-0.2, -0.15) is 0 Å². The van der Waals surface area contributed by atoms with Crippen LogP contribution in [0.2, 0.25) is 0 Å². The summed E-state index contributed by atoms with van der Waals surface area (Å²) in [4.78, 5) is 11.9. The highest BCUT2D eigenvalue weighted by Gasteiger charge is 2.16. The van der Waals surface area contributed by atoms with Gasteiger partial charge in [-0.25, -0.2) is 0 Å². The number of carbonyl (C=O) groups is 1. The van der Waals surface area contributed by atoms with Gasteiger partial charge < -0.3 is 11.1 Å². The molecule has 0 rings (SSSR count). The van der Waals surface area contributed by atoms with Crippen molar-refractivity contribution in [1.29, 1.82) is 0 Å². The van der Waals surface area contributed by atoms with Crippen molar-refractivity contribution >= 4 is 5.91 Å². The van der Waals surface area contributed by atoms with Gasteiger partial charge in [-0.3, -0.25) is 4.79 Å². The predicted molar refractivity (Wildman–Crippen MR) is 73.8 cm³/mol. The summed E-state index contributed by atoms with van der Waals surface area (Å²) in [6.45, 7) is 7.77. The molecular formula is C14H30N2O. The molecule has 0 saturated heterocycles. The van der Waals surface area contributed by atoms with Gasteiger partial charge in [0.1, 0.15) is 0 Å². The lowest BCUT2D eigenvalue weighted by Crippen LogP contribution is -2.37. The first kappa shape index (κ1) is 16.4. The Hall–Kier alpha value is -0.570. The fraction of sp³-hybridized carbons (Fsp3) is 0.929. The van der Waals surface area contributed by atoms with Crippen molar-refractivity contribution in [1.82, 2.24) is 5.32 Å². The molecule has 3 nitrogen and oxygen atoms in total. The number of carbonyl (C=O) groups excluding carboxylic acids is 1. The molecule has 0 aliphatic heterocycles. The zero-order valence-corrected chi connectivity index (χ0v) is 11.8. The SMILES string of the molecule is CCCCC(CC)CNC(=O)C(CN)CCC. The second kappa shape index (κ2) is 10.6. The molecule has 0 aliphatic carbocycles. The highest BCUT2D eigenvalue weighted by atomic mass is 16.1. The summed E-state index contributed by atoms with van der Waals surface area (Å²) in [5, 5.41) is 3.06. The van der Waals surface area contributed by atoms with E-state index in [9.17, 15) is 4.79 Å². The predicted octanol–water partition coefficient (Wildman–Crippen LogP) is 2.69.